The van der Waals surface area contributed by atoms with Crippen LogP contribution in [0, 0.1) is 11.3 Å². The van der Waals surface area contributed by atoms with Gasteiger partial charge in [0.2, 0.25) is 0 Å². The first kappa shape index (κ1) is 17.4. The van der Waals surface area contributed by atoms with Gasteiger partial charge in [-0.25, -0.2) is 9.78 Å². The van der Waals surface area contributed by atoms with Crippen molar-refractivity contribution in [2.45, 2.75) is 32.1 Å². The number of carbonyl (C=O) groups excluding carboxylic acids is 1. The standard InChI is InChI=1S/C21H15N3O5/c1-2-21(28)15-6-17-18-13(8-24(17)19(26)14(15)9-29-20(21)27)12(7-22)11-5-10(25)3-4-16(11)23-18/h3-6,25,28H,2,8-9H2,1H3/t21-/m0/s1. The number of hydrogen-bond acceptors (Lipinski definition) is 7. The lowest BCUT2D eigenvalue weighted by molar-refractivity contribution is -0.172. The largest absolute Gasteiger partial charge is 0.508 e. The van der Waals surface area contributed by atoms with Crippen LogP contribution in [0.2, 0.25) is 0 Å². The fraction of sp³-hybridized carbons (Fsp3) is 0.238. The van der Waals surface area contributed by atoms with Crippen molar-refractivity contribution < 1.29 is 19.7 Å². The van der Waals surface area contributed by atoms with Crippen molar-refractivity contribution in [1.29, 1.82) is 5.26 Å². The van der Waals surface area contributed by atoms with E-state index in [4.69, 9.17) is 4.74 Å². The lowest BCUT2D eigenvalue weighted by Gasteiger charge is -2.31. The van der Waals surface area contributed by atoms with Crippen LogP contribution >= 0.6 is 0 Å². The zero-order chi connectivity index (χ0) is 20.5. The molecule has 4 heterocycles. The van der Waals surface area contributed by atoms with Gasteiger partial charge in [0.25, 0.3) is 5.56 Å². The number of aromatic nitrogens is 2. The van der Waals surface area contributed by atoms with Crippen LogP contribution in [0.1, 0.15) is 35.6 Å². The maximum atomic E-state index is 13.1. The highest BCUT2D eigenvalue weighted by molar-refractivity contribution is 5.91. The average Bonchev–Trinajstić information content (AvgIpc) is 3.08. The van der Waals surface area contributed by atoms with E-state index < -0.39 is 11.6 Å². The SMILES string of the molecule is CC[C@@]1(O)C(=O)OCc2c1cc1n(c2=O)Cc2c-1nc1ccc(O)cc1c2C#N. The van der Waals surface area contributed by atoms with E-state index in [-0.39, 0.29) is 42.0 Å². The zero-order valence-corrected chi connectivity index (χ0v) is 15.4. The molecule has 0 amide bonds. The van der Waals surface area contributed by atoms with Gasteiger partial charge in [0.05, 0.1) is 34.6 Å². The van der Waals surface area contributed by atoms with Crippen molar-refractivity contribution in [3.63, 3.8) is 0 Å². The highest BCUT2D eigenvalue weighted by Crippen LogP contribution is 2.40. The van der Waals surface area contributed by atoms with E-state index in [1.165, 1.54) is 16.7 Å². The molecule has 29 heavy (non-hydrogen) atoms. The number of nitriles is 1. The van der Waals surface area contributed by atoms with Crippen LogP contribution in [-0.2, 0) is 28.3 Å². The first-order valence-electron chi connectivity index (χ1n) is 9.12. The van der Waals surface area contributed by atoms with Gasteiger partial charge in [0, 0.05) is 16.5 Å². The van der Waals surface area contributed by atoms with Gasteiger partial charge in [0.1, 0.15) is 18.4 Å². The molecule has 5 rings (SSSR count). The summed E-state index contributed by atoms with van der Waals surface area (Å²) in [7, 11) is 0. The quantitative estimate of drug-likeness (QED) is 0.474. The molecule has 0 bridgehead atoms. The molecule has 8 nitrogen and oxygen atoms in total. The van der Waals surface area contributed by atoms with Crippen molar-refractivity contribution in [3.05, 3.63) is 56.9 Å². The second-order valence-corrected chi connectivity index (χ2v) is 7.23. The summed E-state index contributed by atoms with van der Waals surface area (Å²) in [4.78, 5) is 30.0. The molecule has 1 aromatic carbocycles. The molecule has 2 aromatic heterocycles. The molecule has 144 valence electrons. The number of phenolic OH excluding ortho intramolecular Hbond substituents is 1. The zero-order valence-electron chi connectivity index (χ0n) is 15.4. The molecule has 0 radical (unpaired) electrons. The number of phenols is 1. The summed E-state index contributed by atoms with van der Waals surface area (Å²) >= 11 is 0. The molecule has 0 saturated heterocycles. The van der Waals surface area contributed by atoms with Gasteiger partial charge in [-0.05, 0) is 30.7 Å². The number of esters is 1. The van der Waals surface area contributed by atoms with Gasteiger partial charge in [0.15, 0.2) is 5.60 Å². The Balaban J connectivity index is 1.85. The Kier molecular flexibility index (Phi) is 3.39. The van der Waals surface area contributed by atoms with Crippen LogP contribution in [0.5, 0.6) is 5.75 Å². The molecule has 2 aliphatic rings. The van der Waals surface area contributed by atoms with Gasteiger partial charge >= 0.3 is 5.97 Å². The number of nitrogens with zero attached hydrogens (tertiary/aromatic N) is 3. The fourth-order valence-electron chi connectivity index (χ4n) is 4.20. The van der Waals surface area contributed by atoms with Crippen LogP contribution in [0.3, 0.4) is 0 Å². The first-order chi connectivity index (χ1) is 13.9. The third-order valence-corrected chi connectivity index (χ3v) is 5.78. The third-order valence-electron chi connectivity index (χ3n) is 5.78. The van der Waals surface area contributed by atoms with E-state index >= 15 is 0 Å². The summed E-state index contributed by atoms with van der Waals surface area (Å²) in [6, 6.07) is 8.32. The number of benzene rings is 1. The Bertz CT molecular complexity index is 1350. The Morgan fingerprint density at radius 1 is 1.31 bits per heavy atom. The molecule has 3 aromatic rings. The van der Waals surface area contributed by atoms with Gasteiger partial charge < -0.3 is 19.5 Å². The summed E-state index contributed by atoms with van der Waals surface area (Å²) in [6.07, 6.45) is 0.0580. The van der Waals surface area contributed by atoms with Crippen molar-refractivity contribution in [2.24, 2.45) is 0 Å². The number of pyridine rings is 2. The number of fused-ring (bicyclic) bond motifs is 5. The lowest BCUT2D eigenvalue weighted by Crippen LogP contribution is -2.44. The van der Waals surface area contributed by atoms with Crippen LogP contribution in [-0.4, -0.2) is 25.7 Å². The molecule has 0 aliphatic carbocycles. The summed E-state index contributed by atoms with van der Waals surface area (Å²) in [6.45, 7) is 1.57. The van der Waals surface area contributed by atoms with Crippen molar-refractivity contribution in [3.8, 4) is 23.2 Å². The molecule has 0 unspecified atom stereocenters. The number of ether oxygens (including phenoxy) is 1. The molecular weight excluding hydrogens is 374 g/mol. The minimum atomic E-state index is -1.90. The summed E-state index contributed by atoms with van der Waals surface area (Å²) in [5.41, 5.74) is 0.475. The van der Waals surface area contributed by atoms with Crippen LogP contribution < -0.4 is 5.56 Å². The van der Waals surface area contributed by atoms with Crippen molar-refractivity contribution in [2.75, 3.05) is 0 Å². The van der Waals surface area contributed by atoms with Crippen molar-refractivity contribution >= 4 is 16.9 Å². The fourth-order valence-corrected chi connectivity index (χ4v) is 4.20. The van der Waals surface area contributed by atoms with Crippen LogP contribution in [0.4, 0.5) is 0 Å². The maximum absolute atomic E-state index is 13.1. The van der Waals surface area contributed by atoms with Crippen LogP contribution in [0.25, 0.3) is 22.3 Å². The van der Waals surface area contributed by atoms with Gasteiger partial charge in [-0.2, -0.15) is 5.26 Å². The minimum Gasteiger partial charge on any atom is -0.508 e. The Labute approximate surface area is 164 Å². The average molecular weight is 389 g/mol. The van der Waals surface area contributed by atoms with E-state index in [9.17, 15) is 25.1 Å². The highest BCUT2D eigenvalue weighted by Gasteiger charge is 2.45. The molecule has 1 atom stereocenters. The normalized spacial score (nSPS) is 19.3. The molecule has 2 aliphatic heterocycles. The van der Waals surface area contributed by atoms with E-state index in [0.29, 0.717) is 33.4 Å². The number of aromatic hydroxyl groups is 1. The van der Waals surface area contributed by atoms with Crippen LogP contribution in [0.15, 0.2) is 29.1 Å². The smallest absolute Gasteiger partial charge is 0.343 e. The summed E-state index contributed by atoms with van der Waals surface area (Å²) < 4.78 is 6.53. The molecule has 2 N–H and O–H groups in total. The van der Waals surface area contributed by atoms with E-state index in [1.807, 2.05) is 0 Å². The minimum absolute atomic E-state index is 0.0163. The number of aliphatic hydroxyl groups is 1. The monoisotopic (exact) mass is 389 g/mol. The van der Waals surface area contributed by atoms with E-state index in [2.05, 4.69) is 11.1 Å². The number of rotatable bonds is 1. The Hall–Kier alpha value is -3.70. The number of carbonyl (C=O) groups is 1. The van der Waals surface area contributed by atoms with Gasteiger partial charge in [-0.15, -0.1) is 0 Å². The third kappa shape index (κ3) is 2.13. The molecule has 8 heteroatoms. The predicted molar refractivity (Wildman–Crippen MR) is 101 cm³/mol. The molecule has 0 spiro atoms. The second-order valence-electron chi connectivity index (χ2n) is 7.23. The predicted octanol–water partition coefficient (Wildman–Crippen LogP) is 1.66. The van der Waals surface area contributed by atoms with Crippen molar-refractivity contribution in [1.82, 2.24) is 9.55 Å². The topological polar surface area (TPSA) is 125 Å². The molecular formula is C21H15N3O5. The summed E-state index contributed by atoms with van der Waals surface area (Å²) in [5, 5.41) is 30.9. The number of hydrogen-bond donors (Lipinski definition) is 2. The number of cyclic esters (lactones) is 1. The van der Waals surface area contributed by atoms with Gasteiger partial charge in [-0.3, -0.25) is 4.79 Å². The Morgan fingerprint density at radius 2 is 2.10 bits per heavy atom. The maximum Gasteiger partial charge on any atom is 0.343 e. The Morgan fingerprint density at radius 3 is 2.83 bits per heavy atom. The highest BCUT2D eigenvalue weighted by atomic mass is 16.6. The second kappa shape index (κ2) is 5.65. The van der Waals surface area contributed by atoms with Gasteiger partial charge in [-0.1, -0.05) is 6.92 Å². The summed E-state index contributed by atoms with van der Waals surface area (Å²) in [5.74, 6) is -0.766. The first-order valence-corrected chi connectivity index (χ1v) is 9.12. The van der Waals surface area contributed by atoms with E-state index in [0.717, 1.165) is 0 Å². The molecule has 0 fully saturated rings. The molecule has 0 saturated carbocycles. The van der Waals surface area contributed by atoms with E-state index in [1.54, 1.807) is 19.1 Å². The lowest BCUT2D eigenvalue weighted by atomic mass is 9.86.